The highest BCUT2D eigenvalue weighted by molar-refractivity contribution is 6.35. The molecule has 11 heteroatoms. The number of hydrogen-bond acceptors (Lipinski definition) is 7. The topological polar surface area (TPSA) is 110 Å². The average molecular weight is 446 g/mol. The molecular formula is C20H24ClN7O3. The van der Waals surface area contributed by atoms with E-state index >= 15 is 0 Å². The monoisotopic (exact) mass is 445 g/mol. The third kappa shape index (κ3) is 4.49. The SMILES string of the molecule is C=CC(=O)N1C[C@H](COC)[C@@H](COc2nc(Nc3cnn(C)c3)nc3[nH]cc(Cl)c23)C1. The Hall–Kier alpha value is -3.11. The zero-order valence-electron chi connectivity index (χ0n) is 17.3. The number of amides is 1. The number of aromatic nitrogens is 5. The van der Waals surface area contributed by atoms with Crippen LogP contribution in [0.25, 0.3) is 11.0 Å². The molecule has 0 unspecified atom stereocenters. The number of aryl methyl sites for hydroxylation is 1. The van der Waals surface area contributed by atoms with Crippen molar-refractivity contribution < 1.29 is 14.3 Å². The lowest BCUT2D eigenvalue weighted by atomic mass is 9.98. The van der Waals surface area contributed by atoms with Gasteiger partial charge in [0.25, 0.3) is 0 Å². The first-order valence-electron chi connectivity index (χ1n) is 9.81. The minimum absolute atomic E-state index is 0.0846. The van der Waals surface area contributed by atoms with E-state index in [1.54, 1.807) is 29.1 Å². The predicted molar refractivity (Wildman–Crippen MR) is 117 cm³/mol. The van der Waals surface area contributed by atoms with Crippen LogP contribution >= 0.6 is 11.6 Å². The lowest BCUT2D eigenvalue weighted by Gasteiger charge is -2.18. The normalized spacial score (nSPS) is 18.5. The number of likely N-dealkylation sites (tertiary alicyclic amines) is 1. The summed E-state index contributed by atoms with van der Waals surface area (Å²) in [4.78, 5) is 25.9. The number of carbonyl (C=O) groups excluding carboxylic acids is 1. The summed E-state index contributed by atoms with van der Waals surface area (Å²) in [6, 6.07) is 0. The van der Waals surface area contributed by atoms with Gasteiger partial charge in [-0.3, -0.25) is 9.48 Å². The Labute approximate surface area is 184 Å². The van der Waals surface area contributed by atoms with E-state index in [1.807, 2.05) is 13.2 Å². The number of hydrogen-bond donors (Lipinski definition) is 2. The van der Waals surface area contributed by atoms with Crippen LogP contribution < -0.4 is 10.1 Å². The maximum Gasteiger partial charge on any atom is 0.245 e. The van der Waals surface area contributed by atoms with E-state index in [0.717, 1.165) is 5.69 Å². The molecule has 0 aromatic carbocycles. The highest BCUT2D eigenvalue weighted by Gasteiger charge is 2.35. The van der Waals surface area contributed by atoms with Crippen LogP contribution in [0.1, 0.15) is 0 Å². The number of methoxy groups -OCH3 is 1. The number of nitrogens with zero attached hydrogens (tertiary/aromatic N) is 5. The fourth-order valence-corrected chi connectivity index (χ4v) is 3.99. The smallest absolute Gasteiger partial charge is 0.245 e. The fourth-order valence-electron chi connectivity index (χ4n) is 3.76. The number of halogens is 1. The lowest BCUT2D eigenvalue weighted by molar-refractivity contribution is -0.125. The van der Waals surface area contributed by atoms with Crippen LogP contribution in [0, 0.1) is 11.8 Å². The molecule has 4 heterocycles. The number of H-pyrrole nitrogens is 1. The van der Waals surface area contributed by atoms with Gasteiger partial charge in [-0.05, 0) is 6.08 Å². The summed E-state index contributed by atoms with van der Waals surface area (Å²) in [5.74, 6) is 0.872. The Morgan fingerprint density at radius 1 is 1.39 bits per heavy atom. The van der Waals surface area contributed by atoms with E-state index in [4.69, 9.17) is 21.1 Å². The molecule has 2 N–H and O–H groups in total. The van der Waals surface area contributed by atoms with Gasteiger partial charge in [-0.1, -0.05) is 18.2 Å². The van der Waals surface area contributed by atoms with Gasteiger partial charge in [0, 0.05) is 51.5 Å². The van der Waals surface area contributed by atoms with Crippen molar-refractivity contribution in [1.29, 1.82) is 0 Å². The van der Waals surface area contributed by atoms with Crippen LogP contribution in [0.5, 0.6) is 5.88 Å². The summed E-state index contributed by atoms with van der Waals surface area (Å²) < 4.78 is 13.2. The van der Waals surface area contributed by atoms with Crippen molar-refractivity contribution in [1.82, 2.24) is 29.6 Å². The molecule has 1 amide bonds. The van der Waals surface area contributed by atoms with Gasteiger partial charge in [0.05, 0.1) is 35.5 Å². The summed E-state index contributed by atoms with van der Waals surface area (Å²) >= 11 is 6.34. The molecule has 1 saturated heterocycles. The maximum atomic E-state index is 12.1. The summed E-state index contributed by atoms with van der Waals surface area (Å²) in [7, 11) is 3.48. The minimum Gasteiger partial charge on any atom is -0.477 e. The van der Waals surface area contributed by atoms with Crippen molar-refractivity contribution >= 4 is 40.2 Å². The van der Waals surface area contributed by atoms with Crippen LogP contribution in [-0.4, -0.2) is 69.0 Å². The second-order valence-corrected chi connectivity index (χ2v) is 7.88. The van der Waals surface area contributed by atoms with Crippen molar-refractivity contribution in [2.45, 2.75) is 0 Å². The van der Waals surface area contributed by atoms with E-state index in [1.165, 1.54) is 6.08 Å². The Morgan fingerprint density at radius 3 is 2.84 bits per heavy atom. The second-order valence-electron chi connectivity index (χ2n) is 7.47. The molecule has 0 bridgehead atoms. The lowest BCUT2D eigenvalue weighted by Crippen LogP contribution is -2.27. The summed E-state index contributed by atoms with van der Waals surface area (Å²) in [5, 5.41) is 8.34. The van der Waals surface area contributed by atoms with E-state index in [-0.39, 0.29) is 17.7 Å². The van der Waals surface area contributed by atoms with E-state index in [2.05, 4.69) is 31.9 Å². The quantitative estimate of drug-likeness (QED) is 0.512. The Kier molecular flexibility index (Phi) is 6.10. The molecule has 2 atom stereocenters. The first kappa shape index (κ1) is 21.1. The standard InChI is InChI=1S/C20H24ClN7O3/c1-4-16(29)28-7-12(10-30-3)13(8-28)11-31-19-17-15(21)6-22-18(17)25-20(26-19)24-14-5-23-27(2)9-14/h4-6,9,12-13H,1,7-8,10-11H2,2-3H3,(H2,22,24,25,26)/t12-,13-/m1/s1. The van der Waals surface area contributed by atoms with Crippen LogP contribution in [0.3, 0.4) is 0 Å². The Bertz CT molecular complexity index is 1100. The molecule has 1 aliphatic heterocycles. The molecule has 164 valence electrons. The van der Waals surface area contributed by atoms with Crippen molar-refractivity contribution in [3.8, 4) is 5.88 Å². The molecule has 1 aliphatic rings. The predicted octanol–water partition coefficient (Wildman–Crippen LogP) is 2.37. The van der Waals surface area contributed by atoms with Crippen LogP contribution in [0.4, 0.5) is 11.6 Å². The average Bonchev–Trinajstić information content (AvgIpc) is 3.45. The molecule has 10 nitrogen and oxygen atoms in total. The number of nitrogens with one attached hydrogen (secondary N) is 2. The van der Waals surface area contributed by atoms with E-state index in [0.29, 0.717) is 54.2 Å². The molecule has 4 rings (SSSR count). The van der Waals surface area contributed by atoms with Crippen molar-refractivity contribution in [3.63, 3.8) is 0 Å². The molecular weight excluding hydrogens is 422 g/mol. The van der Waals surface area contributed by atoms with Gasteiger partial charge in [0.2, 0.25) is 17.7 Å². The van der Waals surface area contributed by atoms with Gasteiger partial charge >= 0.3 is 0 Å². The van der Waals surface area contributed by atoms with Gasteiger partial charge < -0.3 is 24.7 Å². The number of carbonyl (C=O) groups is 1. The first-order valence-corrected chi connectivity index (χ1v) is 10.2. The third-order valence-corrected chi connectivity index (χ3v) is 5.59. The van der Waals surface area contributed by atoms with Crippen LogP contribution in [-0.2, 0) is 16.6 Å². The zero-order valence-corrected chi connectivity index (χ0v) is 18.1. The first-order chi connectivity index (χ1) is 15.0. The number of aromatic amines is 1. The van der Waals surface area contributed by atoms with Gasteiger partial charge in [0.15, 0.2) is 0 Å². The molecule has 3 aromatic heterocycles. The summed E-state index contributed by atoms with van der Waals surface area (Å²) in [6.07, 6.45) is 6.47. The number of anilines is 2. The van der Waals surface area contributed by atoms with Gasteiger partial charge in [-0.15, -0.1) is 0 Å². The molecule has 3 aromatic rings. The van der Waals surface area contributed by atoms with E-state index < -0.39 is 0 Å². The summed E-state index contributed by atoms with van der Waals surface area (Å²) in [6.45, 7) is 5.63. The summed E-state index contributed by atoms with van der Waals surface area (Å²) in [5.41, 5.74) is 1.31. The molecule has 0 saturated carbocycles. The maximum absolute atomic E-state index is 12.1. The van der Waals surface area contributed by atoms with Gasteiger partial charge in [-0.25, -0.2) is 0 Å². The molecule has 1 fully saturated rings. The molecule has 0 spiro atoms. The van der Waals surface area contributed by atoms with Gasteiger partial charge in [-0.2, -0.15) is 15.1 Å². The second kappa shape index (κ2) is 8.94. The largest absolute Gasteiger partial charge is 0.477 e. The van der Waals surface area contributed by atoms with E-state index in [9.17, 15) is 4.79 Å². The number of rotatable bonds is 8. The highest BCUT2D eigenvalue weighted by atomic mass is 35.5. The Morgan fingerprint density at radius 2 is 2.16 bits per heavy atom. The van der Waals surface area contributed by atoms with Gasteiger partial charge in [0.1, 0.15) is 5.65 Å². The van der Waals surface area contributed by atoms with Crippen molar-refractivity contribution in [2.24, 2.45) is 18.9 Å². The van der Waals surface area contributed by atoms with Crippen molar-refractivity contribution in [2.75, 3.05) is 38.7 Å². The molecule has 0 aliphatic carbocycles. The fraction of sp³-hybridized carbons (Fsp3) is 0.400. The highest BCUT2D eigenvalue weighted by Crippen LogP contribution is 2.33. The van der Waals surface area contributed by atoms with Crippen LogP contribution in [0.15, 0.2) is 31.2 Å². The minimum atomic E-state index is -0.0929. The molecule has 0 radical (unpaired) electrons. The molecule has 31 heavy (non-hydrogen) atoms. The number of ether oxygens (including phenoxy) is 2. The number of fused-ring (bicyclic) bond motifs is 1. The zero-order chi connectivity index (χ0) is 22.0. The Balaban J connectivity index is 1.56. The van der Waals surface area contributed by atoms with Crippen LogP contribution in [0.2, 0.25) is 5.02 Å². The van der Waals surface area contributed by atoms with Crippen molar-refractivity contribution in [3.05, 3.63) is 36.3 Å². The third-order valence-electron chi connectivity index (χ3n) is 5.29.